The summed E-state index contributed by atoms with van der Waals surface area (Å²) < 4.78 is 3.67. The summed E-state index contributed by atoms with van der Waals surface area (Å²) in [7, 11) is 16.9. The summed E-state index contributed by atoms with van der Waals surface area (Å²) in [6.07, 6.45) is 10.2. The van der Waals surface area contributed by atoms with Crippen LogP contribution in [0.4, 0.5) is 14.4 Å². The van der Waals surface area contributed by atoms with E-state index in [0.29, 0.717) is 0 Å². The van der Waals surface area contributed by atoms with Crippen LogP contribution in [0.1, 0.15) is 119 Å². The minimum Gasteiger partial charge on any atom is -0.529 e. The molecule has 0 aliphatic carbocycles. The molecule has 0 fully saturated rings. The van der Waals surface area contributed by atoms with Gasteiger partial charge in [0, 0.05) is 100 Å². The van der Waals surface area contributed by atoms with Gasteiger partial charge in [0.1, 0.15) is 0 Å². The maximum atomic E-state index is 10.8. The molecule has 0 aliphatic heterocycles. The van der Waals surface area contributed by atoms with Gasteiger partial charge >= 0.3 is 17.1 Å². The van der Waals surface area contributed by atoms with E-state index in [2.05, 4.69) is 41.5 Å². The molecule has 293 valence electrons. The van der Waals surface area contributed by atoms with E-state index >= 15 is 0 Å². The van der Waals surface area contributed by atoms with Gasteiger partial charge in [-0.05, 0) is 38.5 Å². The van der Waals surface area contributed by atoms with Gasteiger partial charge in [-0.3, -0.25) is 0 Å². The van der Waals surface area contributed by atoms with E-state index in [9.17, 15) is 29.7 Å². The summed E-state index contributed by atoms with van der Waals surface area (Å²) in [6, 6.07) is 0. The topological polar surface area (TPSA) is 130 Å². The number of carbonyl (C=O) groups excluding carboxylic acids is 3. The number of amides is 3. The molecule has 0 heterocycles. The Morgan fingerprint density at radius 2 is 0.510 bits per heavy atom. The molecule has 0 rings (SSSR count). The van der Waals surface area contributed by atoms with Crippen LogP contribution in [0.2, 0.25) is 0 Å². The predicted molar refractivity (Wildman–Crippen MR) is 231 cm³/mol. The summed E-state index contributed by atoms with van der Waals surface area (Å²) in [5, 5.41) is 32.3. The normalized spacial score (nSPS) is 10.2. The molecule has 0 saturated carbocycles. The molecule has 0 aromatic heterocycles. The van der Waals surface area contributed by atoms with Crippen molar-refractivity contribution in [2.24, 2.45) is 0 Å². The van der Waals surface area contributed by atoms with Gasteiger partial charge in [0.15, 0.2) is 18.3 Å². The number of carboxylic acid groups (broad SMARTS) is 3. The van der Waals surface area contributed by atoms with E-state index in [1.165, 1.54) is 77.0 Å². The second-order valence-corrected chi connectivity index (χ2v) is 23.6. The van der Waals surface area contributed by atoms with Crippen molar-refractivity contribution in [3.8, 4) is 0 Å². The van der Waals surface area contributed by atoms with E-state index in [4.69, 9.17) is 0 Å². The molecule has 0 aliphatic rings. The van der Waals surface area contributed by atoms with Crippen LogP contribution < -0.4 is 15.3 Å². The average Bonchev–Trinajstić information content (AvgIpc) is 3.06. The second kappa shape index (κ2) is 48.5. The Hall–Kier alpha value is 2.53. The van der Waals surface area contributed by atoms with Gasteiger partial charge in [-0.25, -0.2) is 11.1 Å². The third-order valence-electron chi connectivity index (χ3n) is 4.66. The molecule has 3 amide bonds. The fourth-order valence-electron chi connectivity index (χ4n) is 1.95. The van der Waals surface area contributed by atoms with Crippen molar-refractivity contribution in [3.05, 3.63) is 0 Å². The first-order valence-electron chi connectivity index (χ1n) is 16.0. The molecule has 0 atom stereocenters. The first kappa shape index (κ1) is 58.2. The van der Waals surface area contributed by atoms with Crippen molar-refractivity contribution in [1.29, 1.82) is 0 Å². The number of hydrogen-bond acceptors (Lipinski definition) is 18. The molecule has 0 aromatic rings. The zero-order valence-electron chi connectivity index (χ0n) is 29.3. The summed E-state index contributed by atoms with van der Waals surface area (Å²) in [6.45, 7) is 12.7. The number of unbranched alkanes of at least 4 members (excludes halogenated alkanes) is 6. The molecule has 49 heavy (non-hydrogen) atoms. The Labute approximate surface area is 356 Å². The van der Waals surface area contributed by atoms with E-state index in [-0.39, 0.29) is 17.1 Å². The Balaban J connectivity index is -0.000000307. The van der Waals surface area contributed by atoms with Crippen molar-refractivity contribution in [3.63, 3.8) is 0 Å². The number of nitrogens with zero attached hydrogens (tertiary/aromatic N) is 3. The van der Waals surface area contributed by atoms with Crippen molar-refractivity contribution < 1.29 is 46.8 Å². The van der Waals surface area contributed by atoms with Gasteiger partial charge in [-0.2, -0.15) is 0 Å². The van der Waals surface area contributed by atoms with Crippen LogP contribution in [0.3, 0.4) is 0 Å². The first-order valence-corrected chi connectivity index (χ1v) is 29.6. The second-order valence-electron chi connectivity index (χ2n) is 9.07. The Bertz CT molecular complexity index is 610. The molecule has 0 unspecified atom stereocenters. The number of rotatable bonds is 30. The summed E-state index contributed by atoms with van der Waals surface area (Å²) in [5.74, 6) is 5.86. The Kier molecular flexibility index (Phi) is 57.7. The molecule has 0 N–H and O–H groups in total. The number of carbonyl (C=O) groups is 3. The van der Waals surface area contributed by atoms with Crippen molar-refractivity contribution in [1.82, 2.24) is 11.1 Å². The Morgan fingerprint density at radius 3 is 0.612 bits per heavy atom. The first-order chi connectivity index (χ1) is 23.2. The molecule has 1 radical (unpaired) electrons. The van der Waals surface area contributed by atoms with E-state index in [0.717, 1.165) is 112 Å². The van der Waals surface area contributed by atoms with Crippen LogP contribution >= 0.6 is 131 Å². The fraction of sp³-hybridized carbons (Fsp3) is 0.889. The van der Waals surface area contributed by atoms with Crippen LogP contribution in [0.15, 0.2) is 0 Å². The minimum atomic E-state index is -1.12. The molecular weight excluding hydrogens is 903 g/mol. The van der Waals surface area contributed by atoms with Gasteiger partial charge in [0.2, 0.25) is 0 Å². The van der Waals surface area contributed by atoms with Crippen molar-refractivity contribution in [2.45, 2.75) is 119 Å². The van der Waals surface area contributed by atoms with Crippen LogP contribution in [0.25, 0.3) is 0 Å². The number of hydrogen-bond donors (Lipinski definition) is 0. The maximum Gasteiger partial charge on any atom is 3.00 e. The summed E-state index contributed by atoms with van der Waals surface area (Å²) in [4.78, 5) is 32.3. The maximum absolute atomic E-state index is 10.8. The molecule has 0 aromatic carbocycles. The van der Waals surface area contributed by atoms with Crippen molar-refractivity contribution >= 4 is 149 Å². The van der Waals surface area contributed by atoms with E-state index < -0.39 is 18.3 Å². The third-order valence-corrected chi connectivity index (χ3v) is 20.3. The van der Waals surface area contributed by atoms with Gasteiger partial charge in [0.05, 0.1) is 0 Å². The van der Waals surface area contributed by atoms with Crippen molar-refractivity contribution in [2.75, 3.05) is 34.5 Å². The zero-order valence-corrected chi connectivity index (χ0v) is 40.2. The van der Waals surface area contributed by atoms with Gasteiger partial charge in [-0.15, -0.1) is 0 Å². The van der Waals surface area contributed by atoms with Crippen LogP contribution in [-0.4, -0.2) is 63.9 Å². The smallest absolute Gasteiger partial charge is 0.529 e. The van der Waals surface area contributed by atoms with Gasteiger partial charge in [-0.1, -0.05) is 145 Å². The molecule has 0 bridgehead atoms. The molecule has 0 spiro atoms. The predicted octanol–water partition coefficient (Wildman–Crippen LogP) is 11.5. The molecule has 22 heteroatoms. The fourth-order valence-corrected chi connectivity index (χ4v) is 17.4. The summed E-state index contributed by atoms with van der Waals surface area (Å²) in [5.41, 5.74) is 0. The molecule has 9 nitrogen and oxygen atoms in total. The van der Waals surface area contributed by atoms with E-state index in [1.807, 2.05) is 0 Å². The Morgan fingerprint density at radius 1 is 0.367 bits per heavy atom. The quantitative estimate of drug-likeness (QED) is 0.0293. The third kappa shape index (κ3) is 46.6. The summed E-state index contributed by atoms with van der Waals surface area (Å²) >= 11 is 0. The SMILES string of the molecule is CCCCSSN(SSCCCC)C(=O)[O-].CCCCSSN(SSCCCC)C(=O)[O-].CCCCSSN(SSCCCC)C(=O)[O-].[Fe+3]. The molecular formula is C27H54FeN3O6S12. The average molecular weight is 957 g/mol. The van der Waals surface area contributed by atoms with E-state index in [1.54, 1.807) is 64.8 Å². The monoisotopic (exact) mass is 956 g/mol. The largest absolute Gasteiger partial charge is 3.00 e. The van der Waals surface area contributed by atoms with Gasteiger partial charge < -0.3 is 29.7 Å². The van der Waals surface area contributed by atoms with Crippen LogP contribution in [-0.2, 0) is 17.1 Å². The standard InChI is InChI=1S/3C9H19NO2S4.Fe/c3*1-3-5-7-13-15-10(9(11)12)16-14-8-6-4-2;/h3*3-8H2,1-2H3,(H,11,12);/q;;;+3/p-3. The van der Waals surface area contributed by atoms with Gasteiger partial charge in [0.25, 0.3) is 0 Å². The van der Waals surface area contributed by atoms with Crippen LogP contribution in [0, 0.1) is 0 Å². The van der Waals surface area contributed by atoms with Crippen LogP contribution in [0.5, 0.6) is 0 Å². The minimum absolute atomic E-state index is 0. The zero-order chi connectivity index (χ0) is 36.7. The molecule has 0 saturated heterocycles.